The molecular weight excluding hydrogens is 212 g/mol. The van der Waals surface area contributed by atoms with Gasteiger partial charge in [-0.3, -0.25) is 4.79 Å². The second kappa shape index (κ2) is 4.17. The lowest BCUT2D eigenvalue weighted by Crippen LogP contribution is -2.25. The molecule has 1 aliphatic rings. The second-order valence-corrected chi connectivity index (χ2v) is 5.89. The Kier molecular flexibility index (Phi) is 2.98. The Hall–Kier alpha value is -1.31. The molecule has 1 aromatic rings. The van der Waals surface area contributed by atoms with Crippen LogP contribution in [0.25, 0.3) is 0 Å². The molecule has 0 spiro atoms. The van der Waals surface area contributed by atoms with Crippen molar-refractivity contribution >= 4 is 5.97 Å². The Bertz CT molecular complexity index is 412. The largest absolute Gasteiger partial charge is 0.460 e. The summed E-state index contributed by atoms with van der Waals surface area (Å²) in [6.45, 7) is 7.80. The van der Waals surface area contributed by atoms with E-state index in [2.05, 4.69) is 31.2 Å². The summed E-state index contributed by atoms with van der Waals surface area (Å²) < 4.78 is 5.40. The van der Waals surface area contributed by atoms with Crippen molar-refractivity contribution in [2.24, 2.45) is 5.92 Å². The van der Waals surface area contributed by atoms with E-state index in [4.69, 9.17) is 4.74 Å². The van der Waals surface area contributed by atoms with Crippen LogP contribution in [0.15, 0.2) is 24.3 Å². The molecule has 1 fully saturated rings. The van der Waals surface area contributed by atoms with Crippen molar-refractivity contribution in [3.63, 3.8) is 0 Å². The van der Waals surface area contributed by atoms with Crippen molar-refractivity contribution < 1.29 is 9.53 Å². The van der Waals surface area contributed by atoms with Gasteiger partial charge in [0.25, 0.3) is 0 Å². The predicted octanol–water partition coefficient (Wildman–Crippen LogP) is 3.44. The zero-order valence-electron chi connectivity index (χ0n) is 11.0. The summed E-state index contributed by atoms with van der Waals surface area (Å²) in [6.07, 6.45) is 0.929. The van der Waals surface area contributed by atoms with Crippen LogP contribution in [-0.4, -0.2) is 11.6 Å². The number of hydrogen-bond acceptors (Lipinski definition) is 2. The van der Waals surface area contributed by atoms with Gasteiger partial charge in [-0.15, -0.1) is 0 Å². The van der Waals surface area contributed by atoms with Crippen molar-refractivity contribution in [2.75, 3.05) is 0 Å². The SMILES string of the molecule is Cc1ccc([C@H]2C[C@H]2C(=O)OC(C)(C)C)cc1. The zero-order chi connectivity index (χ0) is 12.6. The van der Waals surface area contributed by atoms with Crippen LogP contribution in [0.1, 0.15) is 44.2 Å². The first kappa shape index (κ1) is 12.2. The maximum atomic E-state index is 11.8. The summed E-state index contributed by atoms with van der Waals surface area (Å²) >= 11 is 0. The highest BCUT2D eigenvalue weighted by molar-refractivity contribution is 5.77. The van der Waals surface area contributed by atoms with E-state index in [1.54, 1.807) is 0 Å². The fourth-order valence-corrected chi connectivity index (χ4v) is 2.02. The van der Waals surface area contributed by atoms with Gasteiger partial charge in [-0.25, -0.2) is 0 Å². The molecule has 2 heteroatoms. The summed E-state index contributed by atoms with van der Waals surface area (Å²) in [6, 6.07) is 8.42. The number of aryl methyl sites for hydroxylation is 1. The monoisotopic (exact) mass is 232 g/mol. The fraction of sp³-hybridized carbons (Fsp3) is 0.533. The van der Waals surface area contributed by atoms with Gasteiger partial charge < -0.3 is 4.74 Å². The van der Waals surface area contributed by atoms with E-state index in [1.807, 2.05) is 20.8 Å². The molecule has 2 atom stereocenters. The molecular formula is C15H20O2. The van der Waals surface area contributed by atoms with E-state index in [-0.39, 0.29) is 17.5 Å². The van der Waals surface area contributed by atoms with E-state index in [9.17, 15) is 4.79 Å². The van der Waals surface area contributed by atoms with Crippen LogP contribution < -0.4 is 0 Å². The first-order chi connectivity index (χ1) is 7.87. The fourth-order valence-electron chi connectivity index (χ4n) is 2.02. The predicted molar refractivity (Wildman–Crippen MR) is 67.9 cm³/mol. The minimum Gasteiger partial charge on any atom is -0.460 e. The van der Waals surface area contributed by atoms with Crippen molar-refractivity contribution in [1.82, 2.24) is 0 Å². The second-order valence-electron chi connectivity index (χ2n) is 5.89. The molecule has 0 saturated heterocycles. The van der Waals surface area contributed by atoms with Gasteiger partial charge in [0.2, 0.25) is 0 Å². The van der Waals surface area contributed by atoms with Crippen LogP contribution in [0.3, 0.4) is 0 Å². The normalized spacial score (nSPS) is 23.3. The summed E-state index contributed by atoms with van der Waals surface area (Å²) in [7, 11) is 0. The summed E-state index contributed by atoms with van der Waals surface area (Å²) in [4.78, 5) is 11.8. The third kappa shape index (κ3) is 3.09. The molecule has 0 N–H and O–H groups in total. The number of carbonyl (C=O) groups excluding carboxylic acids is 1. The highest BCUT2D eigenvalue weighted by atomic mass is 16.6. The molecule has 1 aliphatic carbocycles. The van der Waals surface area contributed by atoms with E-state index >= 15 is 0 Å². The molecule has 0 radical (unpaired) electrons. The number of benzene rings is 1. The van der Waals surface area contributed by atoms with E-state index in [0.29, 0.717) is 5.92 Å². The highest BCUT2D eigenvalue weighted by Gasteiger charge is 2.46. The molecule has 0 heterocycles. The molecule has 1 saturated carbocycles. The minimum atomic E-state index is -0.377. The van der Waals surface area contributed by atoms with Crippen molar-refractivity contribution in [1.29, 1.82) is 0 Å². The Labute approximate surface area is 103 Å². The standard InChI is InChI=1S/C15H20O2/c1-10-5-7-11(8-6-10)12-9-13(12)14(16)17-15(2,3)4/h5-8,12-13H,9H2,1-4H3/t12-,13-/m1/s1. The van der Waals surface area contributed by atoms with Crippen LogP contribution in [0.2, 0.25) is 0 Å². The number of carbonyl (C=O) groups is 1. The van der Waals surface area contributed by atoms with E-state index < -0.39 is 0 Å². The number of ether oxygens (including phenoxy) is 1. The lowest BCUT2D eigenvalue weighted by atomic mass is 10.1. The van der Waals surface area contributed by atoms with Gasteiger partial charge in [0, 0.05) is 0 Å². The molecule has 2 rings (SSSR count). The number of rotatable bonds is 2. The zero-order valence-corrected chi connectivity index (χ0v) is 11.0. The van der Waals surface area contributed by atoms with E-state index in [1.165, 1.54) is 11.1 Å². The quantitative estimate of drug-likeness (QED) is 0.730. The maximum absolute atomic E-state index is 11.8. The molecule has 0 amide bonds. The topological polar surface area (TPSA) is 26.3 Å². The smallest absolute Gasteiger partial charge is 0.310 e. The van der Waals surface area contributed by atoms with Crippen molar-refractivity contribution in [3.05, 3.63) is 35.4 Å². The number of hydrogen-bond donors (Lipinski definition) is 0. The van der Waals surface area contributed by atoms with Gasteiger partial charge in [0.05, 0.1) is 5.92 Å². The van der Waals surface area contributed by atoms with Gasteiger partial charge in [0.15, 0.2) is 0 Å². The van der Waals surface area contributed by atoms with Gasteiger partial charge >= 0.3 is 5.97 Å². The van der Waals surface area contributed by atoms with Crippen LogP contribution in [0.5, 0.6) is 0 Å². The number of esters is 1. The first-order valence-corrected chi connectivity index (χ1v) is 6.16. The van der Waals surface area contributed by atoms with Crippen LogP contribution >= 0.6 is 0 Å². The van der Waals surface area contributed by atoms with Crippen LogP contribution in [0, 0.1) is 12.8 Å². The molecule has 17 heavy (non-hydrogen) atoms. The first-order valence-electron chi connectivity index (χ1n) is 6.16. The van der Waals surface area contributed by atoms with Gasteiger partial charge in [0.1, 0.15) is 5.60 Å². The summed E-state index contributed by atoms with van der Waals surface area (Å²) in [5.41, 5.74) is 2.13. The lowest BCUT2D eigenvalue weighted by molar-refractivity contribution is -0.156. The van der Waals surface area contributed by atoms with Gasteiger partial charge in [-0.05, 0) is 45.6 Å². The molecule has 1 aromatic carbocycles. The molecule has 2 nitrogen and oxygen atoms in total. The van der Waals surface area contributed by atoms with Gasteiger partial charge in [-0.1, -0.05) is 29.8 Å². The Morgan fingerprint density at radius 2 is 1.82 bits per heavy atom. The van der Waals surface area contributed by atoms with Crippen molar-refractivity contribution in [2.45, 2.75) is 45.6 Å². The Morgan fingerprint density at radius 1 is 1.24 bits per heavy atom. The molecule has 0 aromatic heterocycles. The Morgan fingerprint density at radius 3 is 2.35 bits per heavy atom. The third-order valence-electron chi connectivity index (χ3n) is 3.01. The van der Waals surface area contributed by atoms with E-state index in [0.717, 1.165) is 6.42 Å². The highest BCUT2D eigenvalue weighted by Crippen LogP contribution is 2.48. The molecule has 92 valence electrons. The average molecular weight is 232 g/mol. The van der Waals surface area contributed by atoms with Crippen LogP contribution in [0.4, 0.5) is 0 Å². The minimum absolute atomic E-state index is 0.0527. The third-order valence-corrected chi connectivity index (χ3v) is 3.01. The molecule has 0 aliphatic heterocycles. The maximum Gasteiger partial charge on any atom is 0.310 e. The average Bonchev–Trinajstić information content (AvgIpc) is 2.96. The summed E-state index contributed by atoms with van der Waals surface area (Å²) in [5.74, 6) is 0.380. The summed E-state index contributed by atoms with van der Waals surface area (Å²) in [5, 5.41) is 0. The molecule has 0 bridgehead atoms. The van der Waals surface area contributed by atoms with Crippen LogP contribution in [-0.2, 0) is 9.53 Å². The van der Waals surface area contributed by atoms with Gasteiger partial charge in [-0.2, -0.15) is 0 Å². The Balaban J connectivity index is 1.96. The lowest BCUT2D eigenvalue weighted by Gasteiger charge is -2.19. The van der Waals surface area contributed by atoms with Crippen molar-refractivity contribution in [3.8, 4) is 0 Å². The molecule has 0 unspecified atom stereocenters.